The average molecular weight is 285 g/mol. The predicted octanol–water partition coefficient (Wildman–Crippen LogP) is 2.40. The monoisotopic (exact) mass is 285 g/mol. The van der Waals surface area contributed by atoms with Gasteiger partial charge in [-0.05, 0) is 23.6 Å². The van der Waals surface area contributed by atoms with Gasteiger partial charge >= 0.3 is 0 Å². The Labute approximate surface area is 117 Å². The summed E-state index contributed by atoms with van der Waals surface area (Å²) in [5, 5.41) is 13.5. The van der Waals surface area contributed by atoms with Crippen molar-refractivity contribution in [2.75, 3.05) is 19.8 Å². The van der Waals surface area contributed by atoms with E-state index in [4.69, 9.17) is 4.74 Å². The molecule has 1 saturated heterocycles. The molecule has 5 heteroatoms. The third kappa shape index (κ3) is 3.53. The first kappa shape index (κ1) is 15.4. The molecule has 0 aromatic heterocycles. The fraction of sp³-hybridized carbons (Fsp3) is 0.600. The Balaban J connectivity index is 2.08. The molecule has 1 heterocycles. The molecule has 0 bridgehead atoms. The van der Waals surface area contributed by atoms with Gasteiger partial charge in [0.15, 0.2) is 11.6 Å². The molecule has 0 aliphatic carbocycles. The fourth-order valence-corrected chi connectivity index (χ4v) is 2.48. The Morgan fingerprint density at radius 1 is 1.35 bits per heavy atom. The van der Waals surface area contributed by atoms with Gasteiger partial charge in [-0.25, -0.2) is 8.78 Å². The lowest BCUT2D eigenvalue weighted by Gasteiger charge is -2.28. The second-order valence-electron chi connectivity index (χ2n) is 5.80. The third-order valence-corrected chi connectivity index (χ3v) is 3.70. The maximum Gasteiger partial charge on any atom is 0.159 e. The van der Waals surface area contributed by atoms with E-state index in [0.29, 0.717) is 31.7 Å². The molecular weight excluding hydrogens is 264 g/mol. The van der Waals surface area contributed by atoms with Crippen LogP contribution in [0, 0.1) is 17.6 Å². The zero-order valence-corrected chi connectivity index (χ0v) is 11.8. The van der Waals surface area contributed by atoms with Gasteiger partial charge in [0.05, 0.1) is 6.61 Å². The Hall–Kier alpha value is -1.04. The Kier molecular flexibility index (Phi) is 4.73. The summed E-state index contributed by atoms with van der Waals surface area (Å²) < 4.78 is 31.5. The molecule has 20 heavy (non-hydrogen) atoms. The van der Waals surface area contributed by atoms with Crippen molar-refractivity contribution >= 4 is 0 Å². The molecule has 0 unspecified atom stereocenters. The highest BCUT2D eigenvalue weighted by Crippen LogP contribution is 2.25. The van der Waals surface area contributed by atoms with Crippen LogP contribution in [-0.4, -0.2) is 30.5 Å². The second kappa shape index (κ2) is 6.16. The van der Waals surface area contributed by atoms with Gasteiger partial charge in [-0.3, -0.25) is 0 Å². The van der Waals surface area contributed by atoms with Gasteiger partial charge in [0.1, 0.15) is 5.60 Å². The van der Waals surface area contributed by atoms with Crippen LogP contribution in [0.5, 0.6) is 0 Å². The van der Waals surface area contributed by atoms with E-state index in [1.54, 1.807) is 6.07 Å². The number of halogens is 2. The standard InChI is InChI=1S/C15H21F2NO2/c1-10(2)14(11-3-4-12(16)13(17)7-11)18-8-15(19)5-6-20-9-15/h3-4,7,10,14,18-19H,5-6,8-9H2,1-2H3/t14-,15-/m0/s1. The fourth-order valence-electron chi connectivity index (χ4n) is 2.48. The van der Waals surface area contributed by atoms with Gasteiger partial charge in [0, 0.05) is 25.6 Å². The van der Waals surface area contributed by atoms with Crippen molar-refractivity contribution in [1.82, 2.24) is 5.32 Å². The van der Waals surface area contributed by atoms with Crippen molar-refractivity contribution < 1.29 is 18.6 Å². The second-order valence-corrected chi connectivity index (χ2v) is 5.80. The first-order valence-electron chi connectivity index (χ1n) is 6.90. The van der Waals surface area contributed by atoms with Crippen LogP contribution in [0.25, 0.3) is 0 Å². The van der Waals surface area contributed by atoms with Crippen LogP contribution in [-0.2, 0) is 4.74 Å². The van der Waals surface area contributed by atoms with Crippen LogP contribution in [0.1, 0.15) is 31.9 Å². The highest BCUT2D eigenvalue weighted by Gasteiger charge is 2.33. The van der Waals surface area contributed by atoms with E-state index in [0.717, 1.165) is 6.07 Å². The molecule has 0 saturated carbocycles. The van der Waals surface area contributed by atoms with Crippen molar-refractivity contribution in [1.29, 1.82) is 0 Å². The molecule has 1 aliphatic rings. The SMILES string of the molecule is CC(C)[C@H](NC[C@@]1(O)CCOC1)c1ccc(F)c(F)c1. The molecule has 3 nitrogen and oxygen atoms in total. The Bertz CT molecular complexity index is 459. The van der Waals surface area contributed by atoms with E-state index in [9.17, 15) is 13.9 Å². The minimum Gasteiger partial charge on any atom is -0.386 e. The minimum absolute atomic E-state index is 0.144. The largest absolute Gasteiger partial charge is 0.386 e. The third-order valence-electron chi connectivity index (χ3n) is 3.70. The zero-order valence-electron chi connectivity index (χ0n) is 11.8. The molecule has 0 amide bonds. The summed E-state index contributed by atoms with van der Waals surface area (Å²) in [5.74, 6) is -1.51. The lowest BCUT2D eigenvalue weighted by molar-refractivity contribution is 0.0234. The van der Waals surface area contributed by atoms with Crippen LogP contribution >= 0.6 is 0 Å². The van der Waals surface area contributed by atoms with Crippen molar-refractivity contribution in [2.45, 2.75) is 31.9 Å². The molecule has 112 valence electrons. The lowest BCUT2D eigenvalue weighted by atomic mass is 9.94. The zero-order chi connectivity index (χ0) is 14.8. The van der Waals surface area contributed by atoms with E-state index in [1.165, 1.54) is 6.07 Å². The van der Waals surface area contributed by atoms with Crippen LogP contribution < -0.4 is 5.32 Å². The highest BCUT2D eigenvalue weighted by molar-refractivity contribution is 5.22. The van der Waals surface area contributed by atoms with E-state index in [2.05, 4.69) is 5.32 Å². The Morgan fingerprint density at radius 3 is 2.65 bits per heavy atom. The summed E-state index contributed by atoms with van der Waals surface area (Å²) in [6.45, 7) is 5.22. The molecule has 0 spiro atoms. The van der Waals surface area contributed by atoms with Gasteiger partial charge in [0.2, 0.25) is 0 Å². The number of nitrogens with one attached hydrogen (secondary N) is 1. The lowest BCUT2D eigenvalue weighted by Crippen LogP contribution is -2.43. The van der Waals surface area contributed by atoms with Crippen molar-refractivity contribution in [3.05, 3.63) is 35.4 Å². The normalized spacial score (nSPS) is 24.3. The average Bonchev–Trinajstić information content (AvgIpc) is 2.80. The van der Waals surface area contributed by atoms with Crippen molar-refractivity contribution in [2.24, 2.45) is 5.92 Å². The number of hydrogen-bond donors (Lipinski definition) is 2. The van der Waals surface area contributed by atoms with Gasteiger partial charge in [-0.15, -0.1) is 0 Å². The molecule has 1 aliphatic heterocycles. The molecule has 0 radical (unpaired) electrons. The molecule has 1 aromatic carbocycles. The summed E-state index contributed by atoms with van der Waals surface area (Å²) >= 11 is 0. The summed E-state index contributed by atoms with van der Waals surface area (Å²) in [6, 6.07) is 3.78. The number of aliphatic hydroxyl groups is 1. The van der Waals surface area contributed by atoms with Crippen LogP contribution in [0.15, 0.2) is 18.2 Å². The molecule has 2 N–H and O–H groups in total. The van der Waals surface area contributed by atoms with E-state index >= 15 is 0 Å². The first-order valence-corrected chi connectivity index (χ1v) is 6.90. The smallest absolute Gasteiger partial charge is 0.159 e. The summed E-state index contributed by atoms with van der Waals surface area (Å²) in [4.78, 5) is 0. The predicted molar refractivity (Wildman–Crippen MR) is 72.3 cm³/mol. The van der Waals surface area contributed by atoms with Crippen molar-refractivity contribution in [3.8, 4) is 0 Å². The topological polar surface area (TPSA) is 41.5 Å². The molecule has 2 atom stereocenters. The molecule has 1 aromatic rings. The van der Waals surface area contributed by atoms with Gasteiger partial charge in [-0.2, -0.15) is 0 Å². The number of rotatable bonds is 5. The number of benzene rings is 1. The van der Waals surface area contributed by atoms with E-state index in [-0.39, 0.29) is 12.0 Å². The van der Waals surface area contributed by atoms with E-state index in [1.807, 2.05) is 13.8 Å². The van der Waals surface area contributed by atoms with Crippen molar-refractivity contribution in [3.63, 3.8) is 0 Å². The maximum atomic E-state index is 13.3. The van der Waals surface area contributed by atoms with Gasteiger partial charge in [0.25, 0.3) is 0 Å². The summed E-state index contributed by atoms with van der Waals surface area (Å²) in [7, 11) is 0. The van der Waals surface area contributed by atoms with Crippen LogP contribution in [0.4, 0.5) is 8.78 Å². The Morgan fingerprint density at radius 2 is 2.10 bits per heavy atom. The number of hydrogen-bond acceptors (Lipinski definition) is 3. The minimum atomic E-state index is -0.869. The summed E-state index contributed by atoms with van der Waals surface area (Å²) in [6.07, 6.45) is 0.586. The highest BCUT2D eigenvalue weighted by atomic mass is 19.2. The molecule has 1 fully saturated rings. The van der Waals surface area contributed by atoms with Gasteiger partial charge < -0.3 is 15.2 Å². The first-order chi connectivity index (χ1) is 9.41. The number of ether oxygens (including phenoxy) is 1. The van der Waals surface area contributed by atoms with Gasteiger partial charge in [-0.1, -0.05) is 19.9 Å². The van der Waals surface area contributed by atoms with Crippen LogP contribution in [0.2, 0.25) is 0 Å². The van der Waals surface area contributed by atoms with E-state index < -0.39 is 17.2 Å². The van der Waals surface area contributed by atoms with Crippen LogP contribution in [0.3, 0.4) is 0 Å². The summed E-state index contributed by atoms with van der Waals surface area (Å²) in [5.41, 5.74) is -0.187. The molecular formula is C15H21F2NO2. The quantitative estimate of drug-likeness (QED) is 0.873. The maximum absolute atomic E-state index is 13.3. The molecule has 2 rings (SSSR count).